The van der Waals surface area contributed by atoms with E-state index in [1.807, 2.05) is 6.26 Å². The van der Waals surface area contributed by atoms with Gasteiger partial charge in [-0.25, -0.2) is 4.39 Å². The molecular formula is C16H23FN2O2S. The average Bonchev–Trinajstić information content (AvgIpc) is 2.50. The van der Waals surface area contributed by atoms with E-state index in [0.717, 1.165) is 5.75 Å². The second-order valence-electron chi connectivity index (χ2n) is 5.04. The quantitative estimate of drug-likeness (QED) is 0.772. The number of hydrogen-bond acceptors (Lipinski definition) is 3. The molecule has 0 bridgehead atoms. The van der Waals surface area contributed by atoms with Crippen LogP contribution in [0.5, 0.6) is 0 Å². The Kier molecular flexibility index (Phi) is 7.95. The Morgan fingerprint density at radius 3 is 2.64 bits per heavy atom. The van der Waals surface area contributed by atoms with Gasteiger partial charge in [0.25, 0.3) is 0 Å². The lowest BCUT2D eigenvalue weighted by Crippen LogP contribution is -2.47. The summed E-state index contributed by atoms with van der Waals surface area (Å²) in [7, 11) is 0. The fourth-order valence-corrected chi connectivity index (χ4v) is 2.45. The van der Waals surface area contributed by atoms with Crippen LogP contribution < -0.4 is 10.6 Å². The summed E-state index contributed by atoms with van der Waals surface area (Å²) in [6.07, 6.45) is 2.85. The summed E-state index contributed by atoms with van der Waals surface area (Å²) in [5.74, 6) is 0.0419. The molecule has 0 fully saturated rings. The predicted octanol–water partition coefficient (Wildman–Crippen LogP) is 2.65. The summed E-state index contributed by atoms with van der Waals surface area (Å²) in [6, 6.07) is 5.25. The summed E-state index contributed by atoms with van der Waals surface area (Å²) in [6.45, 7) is 3.54. The zero-order valence-corrected chi connectivity index (χ0v) is 14.0. The van der Waals surface area contributed by atoms with Crippen molar-refractivity contribution in [3.8, 4) is 0 Å². The third kappa shape index (κ3) is 6.05. The maximum atomic E-state index is 13.2. The van der Waals surface area contributed by atoms with Crippen molar-refractivity contribution in [1.29, 1.82) is 0 Å². The van der Waals surface area contributed by atoms with Gasteiger partial charge in [-0.3, -0.25) is 9.59 Å². The summed E-state index contributed by atoms with van der Waals surface area (Å²) in [4.78, 5) is 23.9. The molecule has 1 aromatic carbocycles. The highest BCUT2D eigenvalue weighted by atomic mass is 32.2. The highest BCUT2D eigenvalue weighted by Crippen LogP contribution is 2.14. The lowest BCUT2D eigenvalue weighted by Gasteiger charge is -2.21. The van der Waals surface area contributed by atoms with E-state index in [0.29, 0.717) is 18.4 Å². The van der Waals surface area contributed by atoms with Gasteiger partial charge in [0.2, 0.25) is 11.8 Å². The van der Waals surface area contributed by atoms with E-state index in [1.54, 1.807) is 37.7 Å². The van der Waals surface area contributed by atoms with Crippen LogP contribution in [0.2, 0.25) is 0 Å². The Hall–Kier alpha value is -1.56. The Morgan fingerprint density at radius 2 is 2.05 bits per heavy atom. The molecule has 0 aromatic heterocycles. The van der Waals surface area contributed by atoms with Crippen molar-refractivity contribution in [3.05, 3.63) is 35.6 Å². The molecule has 4 nitrogen and oxygen atoms in total. The molecule has 2 amide bonds. The first-order chi connectivity index (χ1) is 10.5. The van der Waals surface area contributed by atoms with Gasteiger partial charge in [-0.15, -0.1) is 0 Å². The number of benzene rings is 1. The monoisotopic (exact) mass is 326 g/mol. The lowest BCUT2D eigenvalue weighted by molar-refractivity contribution is -0.129. The van der Waals surface area contributed by atoms with Gasteiger partial charge in [0.1, 0.15) is 11.9 Å². The Labute approximate surface area is 135 Å². The van der Waals surface area contributed by atoms with Gasteiger partial charge < -0.3 is 10.6 Å². The second kappa shape index (κ2) is 9.46. The van der Waals surface area contributed by atoms with Crippen molar-refractivity contribution in [3.63, 3.8) is 0 Å². The lowest BCUT2D eigenvalue weighted by atomic mass is 10.1. The average molecular weight is 326 g/mol. The number of carbonyl (C=O) groups excluding carboxylic acids is 2. The van der Waals surface area contributed by atoms with E-state index >= 15 is 0 Å². The Balaban J connectivity index is 2.70. The van der Waals surface area contributed by atoms with Crippen molar-refractivity contribution >= 4 is 23.6 Å². The molecule has 6 heteroatoms. The van der Waals surface area contributed by atoms with E-state index in [-0.39, 0.29) is 23.7 Å². The molecule has 0 saturated heterocycles. The van der Waals surface area contributed by atoms with Crippen LogP contribution in [0.25, 0.3) is 0 Å². The zero-order valence-electron chi connectivity index (χ0n) is 13.2. The van der Waals surface area contributed by atoms with Crippen LogP contribution in [0.4, 0.5) is 4.39 Å². The maximum absolute atomic E-state index is 13.2. The molecule has 0 heterocycles. The van der Waals surface area contributed by atoms with Crippen LogP contribution >= 0.6 is 11.8 Å². The normalized spacial score (nSPS) is 13.3. The molecule has 1 rings (SSSR count). The molecule has 22 heavy (non-hydrogen) atoms. The standard InChI is InChI=1S/C16H23FN2O2S/c1-4-15(20)19-14(8-9-22-3)16(21)18-11(2)12-6-5-7-13(17)10-12/h5-7,10-11,14H,4,8-9H2,1-3H3,(H,18,21)(H,19,20). The van der Waals surface area contributed by atoms with E-state index in [9.17, 15) is 14.0 Å². The molecule has 0 spiro atoms. The number of rotatable bonds is 8. The molecule has 0 aliphatic heterocycles. The van der Waals surface area contributed by atoms with Crippen LogP contribution in [-0.2, 0) is 9.59 Å². The fraction of sp³-hybridized carbons (Fsp3) is 0.500. The van der Waals surface area contributed by atoms with Gasteiger partial charge in [-0.1, -0.05) is 19.1 Å². The number of thioether (sulfide) groups is 1. The first-order valence-electron chi connectivity index (χ1n) is 7.32. The minimum Gasteiger partial charge on any atom is -0.348 e. The first-order valence-corrected chi connectivity index (χ1v) is 8.71. The van der Waals surface area contributed by atoms with Crippen molar-refractivity contribution in [2.75, 3.05) is 12.0 Å². The molecule has 2 unspecified atom stereocenters. The molecular weight excluding hydrogens is 303 g/mol. The predicted molar refractivity (Wildman–Crippen MR) is 88.2 cm³/mol. The minimum absolute atomic E-state index is 0.153. The number of amides is 2. The van der Waals surface area contributed by atoms with E-state index in [2.05, 4.69) is 10.6 Å². The molecule has 0 radical (unpaired) electrons. The molecule has 0 aliphatic carbocycles. The van der Waals surface area contributed by atoms with Crippen molar-refractivity contribution in [2.45, 2.75) is 38.8 Å². The molecule has 1 aromatic rings. The van der Waals surface area contributed by atoms with Gasteiger partial charge in [0.05, 0.1) is 6.04 Å². The van der Waals surface area contributed by atoms with E-state index in [1.165, 1.54) is 12.1 Å². The van der Waals surface area contributed by atoms with Crippen molar-refractivity contribution in [2.24, 2.45) is 0 Å². The maximum Gasteiger partial charge on any atom is 0.243 e. The molecule has 0 saturated carbocycles. The molecule has 2 N–H and O–H groups in total. The number of carbonyl (C=O) groups is 2. The van der Waals surface area contributed by atoms with Gasteiger partial charge in [0, 0.05) is 6.42 Å². The van der Waals surface area contributed by atoms with Gasteiger partial charge in [0.15, 0.2) is 0 Å². The summed E-state index contributed by atoms with van der Waals surface area (Å²) < 4.78 is 13.2. The van der Waals surface area contributed by atoms with E-state index < -0.39 is 6.04 Å². The fourth-order valence-electron chi connectivity index (χ4n) is 1.97. The highest BCUT2D eigenvalue weighted by Gasteiger charge is 2.21. The molecule has 0 aliphatic rings. The third-order valence-corrected chi connectivity index (χ3v) is 3.93. The minimum atomic E-state index is -0.559. The number of halogens is 1. The highest BCUT2D eigenvalue weighted by molar-refractivity contribution is 7.98. The topological polar surface area (TPSA) is 58.2 Å². The SMILES string of the molecule is CCC(=O)NC(CCSC)C(=O)NC(C)c1cccc(F)c1. The number of nitrogens with one attached hydrogen (secondary N) is 2. The van der Waals surface area contributed by atoms with Gasteiger partial charge in [-0.2, -0.15) is 11.8 Å². The van der Waals surface area contributed by atoms with Gasteiger partial charge in [-0.05, 0) is 43.0 Å². The van der Waals surface area contributed by atoms with Crippen LogP contribution in [0.15, 0.2) is 24.3 Å². The first kappa shape index (κ1) is 18.5. The summed E-state index contributed by atoms with van der Waals surface area (Å²) in [5, 5.41) is 5.56. The smallest absolute Gasteiger partial charge is 0.243 e. The largest absolute Gasteiger partial charge is 0.348 e. The van der Waals surface area contributed by atoms with Crippen LogP contribution in [0.3, 0.4) is 0 Å². The third-order valence-electron chi connectivity index (χ3n) is 3.29. The summed E-state index contributed by atoms with van der Waals surface area (Å²) in [5.41, 5.74) is 0.693. The zero-order chi connectivity index (χ0) is 16.5. The van der Waals surface area contributed by atoms with Crippen molar-refractivity contribution < 1.29 is 14.0 Å². The Morgan fingerprint density at radius 1 is 1.32 bits per heavy atom. The number of hydrogen-bond donors (Lipinski definition) is 2. The Bertz CT molecular complexity index is 511. The van der Waals surface area contributed by atoms with Crippen molar-refractivity contribution in [1.82, 2.24) is 10.6 Å². The van der Waals surface area contributed by atoms with Crippen LogP contribution in [0, 0.1) is 5.82 Å². The molecule has 122 valence electrons. The summed E-state index contributed by atoms with van der Waals surface area (Å²) >= 11 is 1.62. The van der Waals surface area contributed by atoms with Crippen LogP contribution in [-0.4, -0.2) is 29.9 Å². The van der Waals surface area contributed by atoms with Gasteiger partial charge >= 0.3 is 0 Å². The second-order valence-corrected chi connectivity index (χ2v) is 6.03. The molecule has 2 atom stereocenters. The van der Waals surface area contributed by atoms with E-state index in [4.69, 9.17) is 0 Å². The van der Waals surface area contributed by atoms with Crippen LogP contribution in [0.1, 0.15) is 38.3 Å².